The first-order chi connectivity index (χ1) is 20.8. The monoisotopic (exact) mass is 536 g/mol. The predicted molar refractivity (Wildman–Crippen MR) is 173 cm³/mol. The molecule has 9 aromatic rings. The van der Waals surface area contributed by atoms with Gasteiger partial charge in [-0.25, -0.2) is 4.98 Å². The van der Waals surface area contributed by atoms with Gasteiger partial charge >= 0.3 is 0 Å². The molecule has 3 aromatic heterocycles. The van der Waals surface area contributed by atoms with Crippen molar-refractivity contribution in [2.75, 3.05) is 0 Å². The van der Waals surface area contributed by atoms with E-state index in [-0.39, 0.29) is 0 Å². The number of pyridine rings is 1. The number of aromatic nitrogens is 4. The summed E-state index contributed by atoms with van der Waals surface area (Å²) >= 11 is 0. The molecule has 0 atom stereocenters. The van der Waals surface area contributed by atoms with Gasteiger partial charge in [0.1, 0.15) is 5.82 Å². The van der Waals surface area contributed by atoms with Gasteiger partial charge in [0.15, 0.2) is 0 Å². The first-order valence-corrected chi connectivity index (χ1v) is 14.2. The number of imidazole rings is 1. The van der Waals surface area contributed by atoms with Gasteiger partial charge in [0.2, 0.25) is 0 Å². The topological polar surface area (TPSA) is 35.6 Å². The molecule has 0 radical (unpaired) electrons. The molecule has 0 saturated heterocycles. The van der Waals surface area contributed by atoms with E-state index >= 15 is 0 Å². The van der Waals surface area contributed by atoms with Crippen molar-refractivity contribution in [2.45, 2.75) is 0 Å². The van der Waals surface area contributed by atoms with Crippen LogP contribution in [-0.4, -0.2) is 19.1 Å². The van der Waals surface area contributed by atoms with E-state index in [1.807, 2.05) is 18.3 Å². The van der Waals surface area contributed by atoms with Gasteiger partial charge in [0.25, 0.3) is 0 Å². The Morgan fingerprint density at radius 3 is 2.07 bits per heavy atom. The Hall–Kier alpha value is -5.74. The summed E-state index contributed by atoms with van der Waals surface area (Å²) in [6, 6.07) is 49.0. The highest BCUT2D eigenvalue weighted by molar-refractivity contribution is 6.26. The number of benzene rings is 6. The zero-order valence-electron chi connectivity index (χ0n) is 22.6. The summed E-state index contributed by atoms with van der Waals surface area (Å²) in [5.74, 6) is 0.909. The molecule has 0 amide bonds. The average Bonchev–Trinajstić information content (AvgIpc) is 3.62. The van der Waals surface area contributed by atoms with E-state index in [1.165, 1.54) is 38.3 Å². The lowest BCUT2D eigenvalue weighted by Crippen LogP contribution is -1.99. The summed E-state index contributed by atoms with van der Waals surface area (Å²) in [6.45, 7) is 0. The van der Waals surface area contributed by atoms with Gasteiger partial charge in [0.05, 0.1) is 39.6 Å². The van der Waals surface area contributed by atoms with E-state index in [4.69, 9.17) is 9.97 Å². The highest BCUT2D eigenvalue weighted by Crippen LogP contribution is 2.42. The van der Waals surface area contributed by atoms with Crippen molar-refractivity contribution >= 4 is 43.6 Å². The summed E-state index contributed by atoms with van der Waals surface area (Å²) < 4.78 is 4.58. The molecule has 0 unspecified atom stereocenters. The minimum Gasteiger partial charge on any atom is -0.309 e. The molecule has 0 bridgehead atoms. The first-order valence-electron chi connectivity index (χ1n) is 14.2. The Balaban J connectivity index is 1.23. The number of para-hydroxylation sites is 3. The highest BCUT2D eigenvalue weighted by atomic mass is 15.1. The van der Waals surface area contributed by atoms with Gasteiger partial charge in [-0.15, -0.1) is 0 Å². The predicted octanol–water partition coefficient (Wildman–Crippen LogP) is 9.44. The van der Waals surface area contributed by atoms with Crippen LogP contribution in [0.5, 0.6) is 0 Å². The highest BCUT2D eigenvalue weighted by Gasteiger charge is 2.19. The Kier molecular flexibility index (Phi) is 4.87. The largest absolute Gasteiger partial charge is 0.309 e. The van der Waals surface area contributed by atoms with Gasteiger partial charge in [-0.05, 0) is 59.3 Å². The molecule has 196 valence electrons. The molecular weight excluding hydrogens is 512 g/mol. The normalized spacial score (nSPS) is 11.8. The van der Waals surface area contributed by atoms with Crippen molar-refractivity contribution in [3.05, 3.63) is 146 Å². The molecule has 42 heavy (non-hydrogen) atoms. The zero-order valence-corrected chi connectivity index (χ0v) is 22.6. The fraction of sp³-hybridized carbons (Fsp3) is 0. The Morgan fingerprint density at radius 2 is 1.24 bits per heavy atom. The molecule has 0 aliphatic carbocycles. The molecule has 9 rings (SSSR count). The molecule has 0 saturated carbocycles. The maximum absolute atomic E-state index is 5.04. The molecular formula is C38H24N4. The van der Waals surface area contributed by atoms with Gasteiger partial charge < -0.3 is 4.57 Å². The second-order valence-electron chi connectivity index (χ2n) is 10.7. The van der Waals surface area contributed by atoms with E-state index in [2.05, 4.69) is 137 Å². The SMILES string of the molecule is c1ccc(-c2nc3ccccc3n2-c2ccc(-c3ccc4c5c3ccc3cccc(c35)n4-c3ccccc3)nc2)cc1. The van der Waals surface area contributed by atoms with Crippen LogP contribution in [0.4, 0.5) is 0 Å². The smallest absolute Gasteiger partial charge is 0.145 e. The fourth-order valence-electron chi connectivity index (χ4n) is 6.51. The molecule has 4 heteroatoms. The molecule has 4 nitrogen and oxygen atoms in total. The summed E-state index contributed by atoms with van der Waals surface area (Å²) in [5.41, 5.74) is 9.76. The third-order valence-electron chi connectivity index (χ3n) is 8.35. The van der Waals surface area contributed by atoms with Crippen LogP contribution in [0.2, 0.25) is 0 Å². The van der Waals surface area contributed by atoms with Crippen LogP contribution >= 0.6 is 0 Å². The number of hydrogen-bond acceptors (Lipinski definition) is 2. The Bertz CT molecular complexity index is 2380. The van der Waals surface area contributed by atoms with Gasteiger partial charge in [-0.2, -0.15) is 0 Å². The van der Waals surface area contributed by atoms with Gasteiger partial charge in [-0.3, -0.25) is 9.55 Å². The molecule has 0 spiro atoms. The van der Waals surface area contributed by atoms with E-state index in [1.54, 1.807) is 0 Å². The third-order valence-corrected chi connectivity index (χ3v) is 8.35. The molecule has 6 aromatic carbocycles. The standard InChI is InChI=1S/C38H24N4/c1-3-10-26(11-4-1)38-40-32-15-7-8-16-33(32)42(38)28-19-22-31(39-24-28)29-21-23-35-37-30(29)20-18-25-12-9-17-34(36(25)37)41(35)27-13-5-2-6-14-27/h1-24H. The van der Waals surface area contributed by atoms with E-state index in [0.29, 0.717) is 0 Å². The van der Waals surface area contributed by atoms with Crippen molar-refractivity contribution in [3.63, 3.8) is 0 Å². The Labute approximate surface area is 242 Å². The second kappa shape index (κ2) is 8.88. The molecule has 0 aliphatic heterocycles. The number of nitrogens with zero attached hydrogens (tertiary/aromatic N) is 4. The van der Waals surface area contributed by atoms with Crippen LogP contribution in [0.1, 0.15) is 0 Å². The Morgan fingerprint density at radius 1 is 0.476 bits per heavy atom. The van der Waals surface area contributed by atoms with E-state index < -0.39 is 0 Å². The van der Waals surface area contributed by atoms with E-state index in [9.17, 15) is 0 Å². The maximum Gasteiger partial charge on any atom is 0.145 e. The number of rotatable bonds is 4. The molecule has 0 fully saturated rings. The quantitative estimate of drug-likeness (QED) is 0.210. The van der Waals surface area contributed by atoms with Crippen molar-refractivity contribution in [2.24, 2.45) is 0 Å². The lowest BCUT2D eigenvalue weighted by atomic mass is 9.97. The van der Waals surface area contributed by atoms with Crippen LogP contribution in [0.15, 0.2) is 146 Å². The second-order valence-corrected chi connectivity index (χ2v) is 10.7. The van der Waals surface area contributed by atoms with Crippen LogP contribution in [-0.2, 0) is 0 Å². The maximum atomic E-state index is 5.04. The summed E-state index contributed by atoms with van der Waals surface area (Å²) in [6.07, 6.45) is 1.97. The molecule has 3 heterocycles. The first kappa shape index (κ1) is 23.0. The lowest BCUT2D eigenvalue weighted by Gasteiger charge is -2.12. The average molecular weight is 537 g/mol. The van der Waals surface area contributed by atoms with Crippen LogP contribution in [0, 0.1) is 0 Å². The summed E-state index contributed by atoms with van der Waals surface area (Å²) in [4.78, 5) is 10.0. The number of fused-ring (bicyclic) bond motifs is 1. The van der Waals surface area contributed by atoms with Crippen LogP contribution in [0.3, 0.4) is 0 Å². The van der Waals surface area contributed by atoms with E-state index in [0.717, 1.165) is 39.4 Å². The van der Waals surface area contributed by atoms with Crippen LogP contribution < -0.4 is 0 Å². The molecule has 0 aliphatic rings. The summed E-state index contributed by atoms with van der Waals surface area (Å²) in [7, 11) is 0. The van der Waals surface area contributed by atoms with Crippen molar-refractivity contribution in [3.8, 4) is 34.0 Å². The summed E-state index contributed by atoms with van der Waals surface area (Å²) in [5, 5.41) is 5.04. The van der Waals surface area contributed by atoms with Gasteiger partial charge in [0, 0.05) is 27.6 Å². The van der Waals surface area contributed by atoms with Crippen molar-refractivity contribution in [1.29, 1.82) is 0 Å². The minimum atomic E-state index is 0.909. The zero-order chi connectivity index (χ0) is 27.6. The fourth-order valence-corrected chi connectivity index (χ4v) is 6.51. The molecule has 0 N–H and O–H groups in total. The van der Waals surface area contributed by atoms with Crippen molar-refractivity contribution < 1.29 is 0 Å². The number of hydrogen-bond donors (Lipinski definition) is 0. The van der Waals surface area contributed by atoms with Gasteiger partial charge in [-0.1, -0.05) is 91.0 Å². The minimum absolute atomic E-state index is 0.909. The third kappa shape index (κ3) is 3.29. The van der Waals surface area contributed by atoms with Crippen LogP contribution in [0.25, 0.3) is 77.6 Å². The lowest BCUT2D eigenvalue weighted by molar-refractivity contribution is 1.08. The van der Waals surface area contributed by atoms with Crippen molar-refractivity contribution in [1.82, 2.24) is 19.1 Å².